The van der Waals surface area contributed by atoms with Gasteiger partial charge >= 0.3 is 12.2 Å². The lowest BCUT2D eigenvalue weighted by Gasteiger charge is -2.50. The van der Waals surface area contributed by atoms with E-state index in [0.29, 0.717) is 54.8 Å². The number of rotatable bonds is 5. The van der Waals surface area contributed by atoms with E-state index < -0.39 is 17.8 Å². The minimum Gasteiger partial charge on any atom is -0.494 e. The van der Waals surface area contributed by atoms with E-state index >= 15 is 0 Å². The van der Waals surface area contributed by atoms with Crippen LogP contribution in [0.3, 0.4) is 0 Å². The Morgan fingerprint density at radius 2 is 1.80 bits per heavy atom. The molecule has 0 aliphatic carbocycles. The lowest BCUT2D eigenvalue weighted by molar-refractivity contribution is 0.0454. The van der Waals surface area contributed by atoms with Gasteiger partial charge in [-0.1, -0.05) is 32.9 Å². The molecule has 1 fully saturated rings. The van der Waals surface area contributed by atoms with Gasteiger partial charge in [-0.2, -0.15) is 9.61 Å². The van der Waals surface area contributed by atoms with Crippen molar-refractivity contribution in [1.82, 2.24) is 19.5 Å². The predicted octanol–water partition coefficient (Wildman–Crippen LogP) is 6.68. The number of allylic oxidation sites excluding steroid dienone is 1. The first-order valence-corrected chi connectivity index (χ1v) is 15.3. The first-order valence-electron chi connectivity index (χ1n) is 15.3. The first-order chi connectivity index (χ1) is 20.8. The van der Waals surface area contributed by atoms with Gasteiger partial charge in [0.25, 0.3) is 0 Å². The molecule has 5 rings (SSSR count). The molecular formula is C33H44N6O5. The van der Waals surface area contributed by atoms with Gasteiger partial charge < -0.3 is 24.4 Å². The van der Waals surface area contributed by atoms with Crippen LogP contribution in [-0.4, -0.2) is 74.2 Å². The van der Waals surface area contributed by atoms with Gasteiger partial charge in [-0.15, -0.1) is 0 Å². The van der Waals surface area contributed by atoms with Crippen LogP contribution in [-0.2, 0) is 11.2 Å². The molecule has 0 saturated carbocycles. The average molecular weight is 605 g/mol. The number of carbonyl (C=O) groups is 2. The fourth-order valence-electron chi connectivity index (χ4n) is 6.41. The first kappa shape index (κ1) is 31.2. The number of hydrogen-bond acceptors (Lipinski definition) is 7. The Morgan fingerprint density at radius 3 is 2.43 bits per heavy atom. The molecule has 2 aliphatic rings. The second-order valence-electron chi connectivity index (χ2n) is 13.4. The number of carbonyl (C=O) groups excluding carboxylic acids is 1. The quantitative estimate of drug-likeness (QED) is 0.321. The van der Waals surface area contributed by atoms with Crippen molar-refractivity contribution in [2.75, 3.05) is 29.5 Å². The Hall–Kier alpha value is -4.28. The molecule has 1 N–H and O–H groups in total. The van der Waals surface area contributed by atoms with Crippen LogP contribution in [0.4, 0.5) is 26.9 Å². The predicted molar refractivity (Wildman–Crippen MR) is 170 cm³/mol. The molecule has 4 heterocycles. The average Bonchev–Trinajstić information content (AvgIpc) is 3.31. The number of benzene rings is 1. The van der Waals surface area contributed by atoms with Crippen LogP contribution < -0.4 is 14.5 Å². The molecule has 2 amide bonds. The maximum Gasteiger partial charge on any atom is 0.420 e. The van der Waals surface area contributed by atoms with E-state index in [1.807, 2.05) is 58.0 Å². The number of carboxylic acid groups (broad SMARTS) is 1. The van der Waals surface area contributed by atoms with Gasteiger partial charge in [-0.25, -0.2) is 19.5 Å². The molecule has 11 nitrogen and oxygen atoms in total. The fourth-order valence-corrected chi connectivity index (χ4v) is 6.41. The third kappa shape index (κ3) is 6.18. The van der Waals surface area contributed by atoms with Gasteiger partial charge in [0.1, 0.15) is 17.2 Å². The summed E-state index contributed by atoms with van der Waals surface area (Å²) in [7, 11) is 0. The number of piperidine rings is 1. The Balaban J connectivity index is 1.73. The largest absolute Gasteiger partial charge is 0.494 e. The van der Waals surface area contributed by atoms with Gasteiger partial charge in [-0.3, -0.25) is 0 Å². The highest BCUT2D eigenvalue weighted by Crippen LogP contribution is 2.42. The summed E-state index contributed by atoms with van der Waals surface area (Å²) in [5.41, 5.74) is 0.893. The van der Waals surface area contributed by atoms with Crippen molar-refractivity contribution in [2.45, 2.75) is 85.4 Å². The van der Waals surface area contributed by atoms with E-state index in [0.717, 1.165) is 18.4 Å². The van der Waals surface area contributed by atoms with Crippen molar-refractivity contribution in [3.05, 3.63) is 54.2 Å². The molecule has 11 heteroatoms. The monoisotopic (exact) mass is 604 g/mol. The molecule has 2 aromatic heterocycles. The number of amides is 2. The summed E-state index contributed by atoms with van der Waals surface area (Å²) >= 11 is 0. The van der Waals surface area contributed by atoms with Crippen molar-refractivity contribution in [3.8, 4) is 5.75 Å². The topological polar surface area (TPSA) is 113 Å². The third-order valence-electron chi connectivity index (χ3n) is 7.97. The molecule has 44 heavy (non-hydrogen) atoms. The Labute approximate surface area is 259 Å². The summed E-state index contributed by atoms with van der Waals surface area (Å²) in [4.78, 5) is 37.0. The van der Waals surface area contributed by atoms with E-state index in [1.54, 1.807) is 20.5 Å². The van der Waals surface area contributed by atoms with Crippen molar-refractivity contribution in [1.29, 1.82) is 0 Å². The number of ether oxygens (including phenoxy) is 2. The van der Waals surface area contributed by atoms with Crippen molar-refractivity contribution in [2.24, 2.45) is 5.41 Å². The van der Waals surface area contributed by atoms with E-state index in [-0.39, 0.29) is 17.5 Å². The van der Waals surface area contributed by atoms with Crippen LogP contribution in [0.25, 0.3) is 5.65 Å². The number of fused-ring (bicyclic) bond motifs is 2. The summed E-state index contributed by atoms with van der Waals surface area (Å²) in [5, 5.41) is 14.8. The van der Waals surface area contributed by atoms with Crippen LogP contribution in [0.2, 0.25) is 0 Å². The summed E-state index contributed by atoms with van der Waals surface area (Å²) in [6.07, 6.45) is 6.45. The van der Waals surface area contributed by atoms with Gasteiger partial charge in [0.2, 0.25) is 0 Å². The van der Waals surface area contributed by atoms with Gasteiger partial charge in [0, 0.05) is 24.7 Å². The normalized spacial score (nSPS) is 19.0. The van der Waals surface area contributed by atoms with E-state index in [9.17, 15) is 14.7 Å². The highest BCUT2D eigenvalue weighted by Gasteiger charge is 2.45. The zero-order chi connectivity index (χ0) is 31.8. The maximum atomic E-state index is 14.1. The Bertz CT molecular complexity index is 1530. The third-order valence-corrected chi connectivity index (χ3v) is 7.97. The number of nitrogens with zero attached hydrogens (tertiary/aromatic N) is 6. The van der Waals surface area contributed by atoms with Gasteiger partial charge in [-0.05, 0) is 76.6 Å². The lowest BCUT2D eigenvalue weighted by Crippen LogP contribution is -2.62. The Morgan fingerprint density at radius 1 is 1.07 bits per heavy atom. The van der Waals surface area contributed by atoms with Crippen molar-refractivity contribution >= 4 is 35.2 Å². The van der Waals surface area contributed by atoms with Gasteiger partial charge in [0.15, 0.2) is 11.5 Å². The van der Waals surface area contributed by atoms with Crippen LogP contribution in [0.15, 0.2) is 48.7 Å². The van der Waals surface area contributed by atoms with Crippen LogP contribution in [0, 0.1) is 5.41 Å². The zero-order valence-electron chi connectivity index (χ0n) is 26.8. The summed E-state index contributed by atoms with van der Waals surface area (Å²) in [6, 6.07) is 8.75. The number of anilines is 3. The van der Waals surface area contributed by atoms with Crippen LogP contribution >= 0.6 is 0 Å². The molecule has 0 spiro atoms. The summed E-state index contributed by atoms with van der Waals surface area (Å²) < 4.78 is 13.3. The summed E-state index contributed by atoms with van der Waals surface area (Å²) in [5.74, 6) is 1.94. The Kier molecular flexibility index (Phi) is 8.51. The van der Waals surface area contributed by atoms with Crippen LogP contribution in [0.1, 0.15) is 66.9 Å². The highest BCUT2D eigenvalue weighted by molar-refractivity contribution is 5.97. The SMILES string of the molecule is CCOc1ccc(N(C(=O)OC(C)(C)C)c2c3c(nc4ccnn24)N(C2CCCN(C(=O)O)[C@H]2C(C)(C)C)CC=CC3)cc1. The fraction of sp³-hybridized carbons (Fsp3) is 0.515. The van der Waals surface area contributed by atoms with E-state index in [1.165, 1.54) is 0 Å². The molecule has 0 bridgehead atoms. The highest BCUT2D eigenvalue weighted by atomic mass is 16.6. The molecule has 236 valence electrons. The van der Waals surface area contributed by atoms with Crippen molar-refractivity contribution < 1.29 is 24.2 Å². The van der Waals surface area contributed by atoms with Crippen molar-refractivity contribution in [3.63, 3.8) is 0 Å². The van der Waals surface area contributed by atoms with Gasteiger partial charge in [0.05, 0.1) is 30.6 Å². The molecule has 1 aromatic carbocycles. The molecule has 3 aromatic rings. The number of aromatic nitrogens is 3. The summed E-state index contributed by atoms with van der Waals surface area (Å²) in [6.45, 7) is 15.3. The second kappa shape index (κ2) is 12.0. The molecule has 1 saturated heterocycles. The zero-order valence-corrected chi connectivity index (χ0v) is 26.8. The number of likely N-dealkylation sites (tertiary alicyclic amines) is 1. The molecule has 0 radical (unpaired) electrons. The van der Waals surface area contributed by atoms with E-state index in [4.69, 9.17) is 14.5 Å². The smallest absolute Gasteiger partial charge is 0.420 e. The number of hydrogen-bond donors (Lipinski definition) is 1. The molecule has 1 unspecified atom stereocenters. The standard InChI is InChI=1S/C33H44N6O5/c1-8-43-23-16-14-22(15-17-23)38(31(42)44-33(5,6)7)29-24-12-9-10-20-36(28(24)35-26-18-19-34-39(26)29)25-13-11-21-37(30(40)41)27(25)32(2,3)4/h9-10,14-19,25,27H,8,11-13,20-21H2,1-7H3,(H,40,41)/t25?,27-/m1/s1. The molecular weight excluding hydrogens is 560 g/mol. The molecule has 2 atom stereocenters. The minimum atomic E-state index is -0.910. The maximum absolute atomic E-state index is 14.1. The molecule has 2 aliphatic heterocycles. The van der Waals surface area contributed by atoms with Crippen LogP contribution in [0.5, 0.6) is 5.75 Å². The lowest BCUT2D eigenvalue weighted by atomic mass is 9.77. The minimum absolute atomic E-state index is 0.132. The van der Waals surface area contributed by atoms with E-state index in [2.05, 4.69) is 42.9 Å². The second-order valence-corrected chi connectivity index (χ2v) is 13.4.